The van der Waals surface area contributed by atoms with Crippen molar-refractivity contribution in [2.45, 2.75) is 19.8 Å². The maximum absolute atomic E-state index is 12.9. The summed E-state index contributed by atoms with van der Waals surface area (Å²) in [7, 11) is 1.37. The highest BCUT2D eigenvalue weighted by Gasteiger charge is 2.36. The van der Waals surface area contributed by atoms with Crippen molar-refractivity contribution < 1.29 is 38.0 Å². The molecule has 0 radical (unpaired) electrons. The molecule has 2 aromatic carbocycles. The summed E-state index contributed by atoms with van der Waals surface area (Å²) in [6.45, 7) is 1.63. The van der Waals surface area contributed by atoms with E-state index >= 15 is 0 Å². The molecule has 1 N–H and O–H groups in total. The summed E-state index contributed by atoms with van der Waals surface area (Å²) in [4.78, 5) is 61.8. The zero-order valence-electron chi connectivity index (χ0n) is 22.4. The van der Waals surface area contributed by atoms with Crippen molar-refractivity contribution in [3.63, 3.8) is 0 Å². The number of amides is 3. The van der Waals surface area contributed by atoms with E-state index in [9.17, 15) is 29.3 Å². The van der Waals surface area contributed by atoms with Crippen LogP contribution in [-0.4, -0.2) is 53.1 Å². The number of nitro benzene ring substituents is 1. The third-order valence-electron chi connectivity index (χ3n) is 5.94. The lowest BCUT2D eigenvalue weighted by Crippen LogP contribution is -2.36. The van der Waals surface area contributed by atoms with Crippen LogP contribution in [0, 0.1) is 10.1 Å². The monoisotopic (exact) mass is 613 g/mol. The van der Waals surface area contributed by atoms with Crippen molar-refractivity contribution in [1.82, 2.24) is 4.90 Å². The minimum absolute atomic E-state index is 0.0352. The van der Waals surface area contributed by atoms with Crippen molar-refractivity contribution >= 4 is 63.8 Å². The predicted molar refractivity (Wildman–Crippen MR) is 155 cm³/mol. The van der Waals surface area contributed by atoms with E-state index in [1.165, 1.54) is 49.6 Å². The van der Waals surface area contributed by atoms with E-state index in [-0.39, 0.29) is 45.0 Å². The third kappa shape index (κ3) is 6.98. The molecule has 0 saturated carbocycles. The van der Waals surface area contributed by atoms with Gasteiger partial charge in [0.25, 0.3) is 16.8 Å². The highest BCUT2D eigenvalue weighted by Crippen LogP contribution is 2.36. The number of imide groups is 1. The smallest absolute Gasteiger partial charge is 0.339 e. The maximum Gasteiger partial charge on any atom is 0.339 e. The Labute approximate surface area is 248 Å². The molecule has 1 fully saturated rings. The molecule has 12 nitrogen and oxygen atoms in total. The van der Waals surface area contributed by atoms with Crippen LogP contribution in [0.15, 0.2) is 57.9 Å². The fourth-order valence-electron chi connectivity index (χ4n) is 3.83. The van der Waals surface area contributed by atoms with Gasteiger partial charge in [0.2, 0.25) is 5.91 Å². The maximum atomic E-state index is 12.9. The highest BCUT2D eigenvalue weighted by molar-refractivity contribution is 8.18. The van der Waals surface area contributed by atoms with E-state index in [0.717, 1.165) is 11.3 Å². The Kier molecular flexibility index (Phi) is 9.65. The van der Waals surface area contributed by atoms with Gasteiger partial charge >= 0.3 is 5.97 Å². The number of hydrogen-bond acceptors (Lipinski definition) is 10. The number of nitro groups is 1. The number of anilines is 1. The number of rotatable bonds is 11. The van der Waals surface area contributed by atoms with Crippen LogP contribution in [0.2, 0.25) is 5.02 Å². The number of esters is 1. The summed E-state index contributed by atoms with van der Waals surface area (Å²) >= 11 is 6.75. The number of ether oxygens (including phenoxy) is 2. The van der Waals surface area contributed by atoms with E-state index in [2.05, 4.69) is 5.32 Å². The van der Waals surface area contributed by atoms with Crippen LogP contribution >= 0.6 is 23.4 Å². The molecule has 1 aromatic heterocycles. The molecule has 0 unspecified atom stereocenters. The number of methoxy groups -OCH3 is 1. The van der Waals surface area contributed by atoms with Crippen LogP contribution in [0.1, 0.15) is 35.9 Å². The van der Waals surface area contributed by atoms with Gasteiger partial charge in [-0.3, -0.25) is 29.4 Å². The van der Waals surface area contributed by atoms with Gasteiger partial charge in [-0.05, 0) is 54.6 Å². The fourth-order valence-corrected chi connectivity index (χ4v) is 4.84. The largest absolute Gasteiger partial charge is 0.496 e. The second-order valence-corrected chi connectivity index (χ2v) is 10.2. The van der Waals surface area contributed by atoms with Gasteiger partial charge in [0.05, 0.1) is 45.8 Å². The number of furan rings is 1. The molecule has 14 heteroatoms. The first-order chi connectivity index (χ1) is 20.1. The Morgan fingerprint density at radius 3 is 2.67 bits per heavy atom. The Morgan fingerprint density at radius 2 is 1.95 bits per heavy atom. The number of carbonyl (C=O) groups is 4. The van der Waals surface area contributed by atoms with Gasteiger partial charge in [-0.2, -0.15) is 0 Å². The van der Waals surface area contributed by atoms with Crippen molar-refractivity contribution in [1.29, 1.82) is 0 Å². The summed E-state index contributed by atoms with van der Waals surface area (Å²) in [6, 6.07) is 11.5. The molecule has 0 spiro atoms. The van der Waals surface area contributed by atoms with Gasteiger partial charge in [-0.1, -0.05) is 24.9 Å². The van der Waals surface area contributed by atoms with E-state index in [0.29, 0.717) is 29.5 Å². The first kappa shape index (κ1) is 30.3. The quantitative estimate of drug-likeness (QED) is 0.0874. The number of hydrogen-bond donors (Lipinski definition) is 1. The number of benzene rings is 2. The predicted octanol–water partition coefficient (Wildman–Crippen LogP) is 6.15. The summed E-state index contributed by atoms with van der Waals surface area (Å²) in [5.41, 5.74) is 0.608. The second-order valence-electron chi connectivity index (χ2n) is 8.84. The molecular weight excluding hydrogens is 590 g/mol. The van der Waals surface area contributed by atoms with E-state index in [1.54, 1.807) is 12.1 Å². The molecule has 0 atom stereocenters. The average molecular weight is 614 g/mol. The summed E-state index contributed by atoms with van der Waals surface area (Å²) in [6.07, 6.45) is 2.90. The molecule has 1 aliphatic heterocycles. The van der Waals surface area contributed by atoms with Crippen LogP contribution in [0.5, 0.6) is 5.75 Å². The van der Waals surface area contributed by atoms with Gasteiger partial charge in [-0.15, -0.1) is 0 Å². The standard InChI is InChI=1S/C28H24ClN3O9S/c1-3-4-11-40-27(35)20-12-16(5-9-21(20)29)30-25(33)15-31-26(34)24(42-28(31)36)14-18-7-10-22(41-18)19-8-6-17(32(37)38)13-23(19)39-2/h5-10,12-14H,3-4,11,15H2,1-2H3,(H,30,33)/b24-14+. The summed E-state index contributed by atoms with van der Waals surface area (Å²) in [5, 5.41) is 13.1. The molecule has 1 aliphatic rings. The van der Waals surface area contributed by atoms with Gasteiger partial charge in [-0.25, -0.2) is 4.79 Å². The first-order valence-corrected chi connectivity index (χ1v) is 13.7. The number of halogens is 1. The number of nitrogens with zero attached hydrogens (tertiary/aromatic N) is 2. The molecular formula is C28H24ClN3O9S. The Bertz CT molecular complexity index is 1600. The number of nitrogens with one attached hydrogen (secondary N) is 1. The third-order valence-corrected chi connectivity index (χ3v) is 7.17. The molecule has 4 rings (SSSR count). The fraction of sp³-hybridized carbons (Fsp3) is 0.214. The van der Waals surface area contributed by atoms with Crippen LogP contribution < -0.4 is 10.1 Å². The minimum atomic E-state index is -0.692. The Balaban J connectivity index is 1.43. The van der Waals surface area contributed by atoms with Gasteiger partial charge in [0.15, 0.2) is 0 Å². The SMILES string of the molecule is CCCCOC(=O)c1cc(NC(=O)CN2C(=O)S/C(=C/c3ccc(-c4ccc([N+](=O)[O-])cc4OC)o3)C2=O)ccc1Cl. The molecule has 218 valence electrons. The van der Waals surface area contributed by atoms with Crippen LogP contribution in [0.3, 0.4) is 0 Å². The lowest BCUT2D eigenvalue weighted by molar-refractivity contribution is -0.384. The average Bonchev–Trinajstić information content (AvgIpc) is 3.53. The normalized spacial score (nSPS) is 13.9. The zero-order valence-corrected chi connectivity index (χ0v) is 24.0. The van der Waals surface area contributed by atoms with Crippen LogP contribution in [-0.2, 0) is 14.3 Å². The van der Waals surface area contributed by atoms with E-state index in [1.807, 2.05) is 6.92 Å². The molecule has 0 bridgehead atoms. The molecule has 42 heavy (non-hydrogen) atoms. The van der Waals surface area contributed by atoms with Crippen molar-refractivity contribution in [2.24, 2.45) is 0 Å². The Hall–Kier alpha value is -4.62. The van der Waals surface area contributed by atoms with E-state index < -0.39 is 34.5 Å². The summed E-state index contributed by atoms with van der Waals surface area (Å²) < 4.78 is 16.2. The van der Waals surface area contributed by atoms with Crippen LogP contribution in [0.25, 0.3) is 17.4 Å². The zero-order chi connectivity index (χ0) is 30.4. The lowest BCUT2D eigenvalue weighted by Gasteiger charge is -2.13. The van der Waals surface area contributed by atoms with Crippen LogP contribution in [0.4, 0.5) is 16.2 Å². The molecule has 1 saturated heterocycles. The first-order valence-electron chi connectivity index (χ1n) is 12.6. The Morgan fingerprint density at radius 1 is 1.17 bits per heavy atom. The van der Waals surface area contributed by atoms with Gasteiger partial charge in [0.1, 0.15) is 23.8 Å². The minimum Gasteiger partial charge on any atom is -0.496 e. The highest BCUT2D eigenvalue weighted by atomic mass is 35.5. The molecule has 3 amide bonds. The molecule has 0 aliphatic carbocycles. The topological polar surface area (TPSA) is 158 Å². The van der Waals surface area contributed by atoms with Crippen molar-refractivity contribution in [3.05, 3.63) is 79.9 Å². The van der Waals surface area contributed by atoms with Crippen molar-refractivity contribution in [3.8, 4) is 17.1 Å². The molecule has 3 aromatic rings. The van der Waals surface area contributed by atoms with Gasteiger partial charge in [0, 0.05) is 17.8 Å². The second kappa shape index (κ2) is 13.4. The molecule has 2 heterocycles. The lowest BCUT2D eigenvalue weighted by atomic mass is 10.1. The van der Waals surface area contributed by atoms with Gasteiger partial charge < -0.3 is 19.2 Å². The summed E-state index contributed by atoms with van der Waals surface area (Å²) in [5.74, 6) is -1.21. The number of carbonyl (C=O) groups excluding carboxylic acids is 4. The van der Waals surface area contributed by atoms with Crippen molar-refractivity contribution in [2.75, 3.05) is 25.6 Å². The number of thioether (sulfide) groups is 1. The number of non-ortho nitro benzene ring substituents is 1. The number of unbranched alkanes of at least 4 members (excludes halogenated alkanes) is 1. The van der Waals surface area contributed by atoms with E-state index in [4.69, 9.17) is 25.5 Å².